The average molecular weight is 272 g/mol. The molecular weight excluding hydrogens is 244 g/mol. The van der Waals surface area contributed by atoms with Gasteiger partial charge in [0.15, 0.2) is 0 Å². The number of epoxide rings is 2. The summed E-state index contributed by atoms with van der Waals surface area (Å²) in [5.74, 6) is 0. The van der Waals surface area contributed by atoms with Gasteiger partial charge in [-0.15, -0.1) is 0 Å². The van der Waals surface area contributed by atoms with E-state index in [0.717, 1.165) is 45.9 Å². The van der Waals surface area contributed by atoms with Crippen LogP contribution in [0, 0.1) is 0 Å². The molecule has 3 unspecified atom stereocenters. The Kier molecular flexibility index (Phi) is 7.14. The van der Waals surface area contributed by atoms with Gasteiger partial charge in [-0.3, -0.25) is 0 Å². The van der Waals surface area contributed by atoms with Gasteiger partial charge in [-0.05, 0) is 12.8 Å². The minimum absolute atomic E-state index is 0.334. The van der Waals surface area contributed by atoms with Gasteiger partial charge < -0.3 is 18.9 Å². The van der Waals surface area contributed by atoms with E-state index in [4.69, 9.17) is 18.9 Å². The van der Waals surface area contributed by atoms with Crippen molar-refractivity contribution < 1.29 is 18.9 Å². The van der Waals surface area contributed by atoms with E-state index in [0.29, 0.717) is 18.3 Å². The van der Waals surface area contributed by atoms with Crippen molar-refractivity contribution >= 4 is 0 Å². The zero-order valence-electron chi connectivity index (χ0n) is 12.1. The smallest absolute Gasteiger partial charge is 0.104 e. The van der Waals surface area contributed by atoms with Gasteiger partial charge in [0.1, 0.15) is 12.2 Å². The number of hydrogen-bond acceptors (Lipinski definition) is 4. The molecule has 3 atom stereocenters. The second-order valence-electron chi connectivity index (χ2n) is 5.58. The number of hydrogen-bond donors (Lipinski definition) is 0. The van der Waals surface area contributed by atoms with Crippen molar-refractivity contribution in [1.29, 1.82) is 0 Å². The maximum Gasteiger partial charge on any atom is 0.104 e. The normalized spacial score (nSPS) is 26.4. The molecule has 0 saturated carbocycles. The second kappa shape index (κ2) is 8.90. The molecule has 2 aliphatic heterocycles. The van der Waals surface area contributed by atoms with E-state index >= 15 is 0 Å². The van der Waals surface area contributed by atoms with Crippen molar-refractivity contribution in [3.8, 4) is 0 Å². The predicted molar refractivity (Wildman–Crippen MR) is 73.4 cm³/mol. The van der Waals surface area contributed by atoms with Crippen molar-refractivity contribution in [2.75, 3.05) is 33.0 Å². The maximum atomic E-state index is 5.93. The quantitative estimate of drug-likeness (QED) is 0.382. The predicted octanol–water partition coefficient (Wildman–Crippen LogP) is 2.55. The fourth-order valence-electron chi connectivity index (χ4n) is 2.11. The van der Waals surface area contributed by atoms with E-state index in [9.17, 15) is 0 Å². The first-order valence-electron chi connectivity index (χ1n) is 7.81. The summed E-state index contributed by atoms with van der Waals surface area (Å²) in [4.78, 5) is 0. The van der Waals surface area contributed by atoms with Crippen molar-refractivity contribution in [2.45, 2.75) is 63.8 Å². The Bertz CT molecular complexity index is 226. The summed E-state index contributed by atoms with van der Waals surface area (Å²) >= 11 is 0. The van der Waals surface area contributed by atoms with Crippen LogP contribution >= 0.6 is 0 Å². The summed E-state index contributed by atoms with van der Waals surface area (Å²) in [6.07, 6.45) is 8.38. The van der Waals surface area contributed by atoms with E-state index < -0.39 is 0 Å². The van der Waals surface area contributed by atoms with Crippen LogP contribution in [-0.4, -0.2) is 51.3 Å². The highest BCUT2D eigenvalue weighted by atomic mass is 16.6. The minimum Gasteiger partial charge on any atom is -0.379 e. The van der Waals surface area contributed by atoms with Gasteiger partial charge in [0, 0.05) is 6.61 Å². The van der Waals surface area contributed by atoms with E-state index in [2.05, 4.69) is 6.92 Å². The highest BCUT2D eigenvalue weighted by Gasteiger charge is 2.25. The molecule has 0 aromatic carbocycles. The van der Waals surface area contributed by atoms with Gasteiger partial charge in [-0.25, -0.2) is 0 Å². The van der Waals surface area contributed by atoms with Crippen molar-refractivity contribution in [3.63, 3.8) is 0 Å². The van der Waals surface area contributed by atoms with Crippen LogP contribution in [0.5, 0.6) is 0 Å². The molecular formula is C15H28O4. The Balaban J connectivity index is 1.51. The lowest BCUT2D eigenvalue weighted by Crippen LogP contribution is -2.19. The molecule has 0 aromatic heterocycles. The van der Waals surface area contributed by atoms with Crippen LogP contribution in [0.1, 0.15) is 45.4 Å². The molecule has 0 aliphatic carbocycles. The lowest BCUT2D eigenvalue weighted by molar-refractivity contribution is 0.00691. The molecule has 4 heteroatoms. The van der Waals surface area contributed by atoms with Crippen LogP contribution in [0.2, 0.25) is 0 Å². The molecule has 0 spiro atoms. The Hall–Kier alpha value is -0.160. The second-order valence-corrected chi connectivity index (χ2v) is 5.58. The Morgan fingerprint density at radius 3 is 2.42 bits per heavy atom. The largest absolute Gasteiger partial charge is 0.379 e. The third-order valence-electron chi connectivity index (χ3n) is 3.59. The molecule has 19 heavy (non-hydrogen) atoms. The van der Waals surface area contributed by atoms with Crippen molar-refractivity contribution in [2.24, 2.45) is 0 Å². The van der Waals surface area contributed by atoms with Crippen LogP contribution in [0.4, 0.5) is 0 Å². The highest BCUT2D eigenvalue weighted by Crippen LogP contribution is 2.16. The Morgan fingerprint density at radius 1 is 1.00 bits per heavy atom. The van der Waals surface area contributed by atoms with Gasteiger partial charge in [0.25, 0.3) is 0 Å². The summed E-state index contributed by atoms with van der Waals surface area (Å²) in [6.45, 7) is 6.27. The third-order valence-corrected chi connectivity index (χ3v) is 3.59. The first-order chi connectivity index (χ1) is 9.38. The zero-order chi connectivity index (χ0) is 13.3. The molecule has 0 bridgehead atoms. The summed E-state index contributed by atoms with van der Waals surface area (Å²) in [6, 6.07) is 0. The Labute approximate surface area is 116 Å². The molecule has 112 valence electrons. The fraction of sp³-hybridized carbons (Fsp3) is 1.00. The van der Waals surface area contributed by atoms with Crippen LogP contribution in [0.15, 0.2) is 0 Å². The molecule has 2 saturated heterocycles. The van der Waals surface area contributed by atoms with Crippen molar-refractivity contribution in [1.82, 2.24) is 0 Å². The van der Waals surface area contributed by atoms with Gasteiger partial charge in [-0.2, -0.15) is 0 Å². The van der Waals surface area contributed by atoms with Crippen LogP contribution in [0.3, 0.4) is 0 Å². The number of unbranched alkanes of at least 4 members (excludes halogenated alkanes) is 3. The molecule has 2 fully saturated rings. The van der Waals surface area contributed by atoms with Gasteiger partial charge in [0.2, 0.25) is 0 Å². The van der Waals surface area contributed by atoms with E-state index in [1.54, 1.807) is 0 Å². The first kappa shape index (κ1) is 15.2. The highest BCUT2D eigenvalue weighted by molar-refractivity contribution is 4.70. The fourth-order valence-corrected chi connectivity index (χ4v) is 2.11. The standard InChI is InChI=1S/C15H28O4/c1-2-3-4-5-6-13(17-11-15-12-19-15)7-8-16-9-14-10-18-14/h13-15H,2-12H2,1H3. The first-order valence-corrected chi connectivity index (χ1v) is 7.81. The van der Waals surface area contributed by atoms with Crippen molar-refractivity contribution in [3.05, 3.63) is 0 Å². The zero-order valence-corrected chi connectivity index (χ0v) is 12.1. The molecule has 2 rings (SSSR count). The molecule has 4 nitrogen and oxygen atoms in total. The molecule has 2 aliphatic rings. The van der Waals surface area contributed by atoms with E-state index in [1.807, 2.05) is 0 Å². The van der Waals surface area contributed by atoms with Gasteiger partial charge in [0.05, 0.1) is 32.5 Å². The molecule has 0 amide bonds. The summed E-state index contributed by atoms with van der Waals surface area (Å²) < 4.78 is 21.9. The molecule has 0 radical (unpaired) electrons. The minimum atomic E-state index is 0.334. The summed E-state index contributed by atoms with van der Waals surface area (Å²) in [7, 11) is 0. The monoisotopic (exact) mass is 272 g/mol. The van der Waals surface area contributed by atoms with Gasteiger partial charge >= 0.3 is 0 Å². The van der Waals surface area contributed by atoms with Gasteiger partial charge in [-0.1, -0.05) is 32.6 Å². The molecule has 0 aromatic rings. The number of ether oxygens (including phenoxy) is 4. The summed E-state index contributed by atoms with van der Waals surface area (Å²) in [5, 5.41) is 0. The number of rotatable bonds is 13. The molecule has 0 N–H and O–H groups in total. The topological polar surface area (TPSA) is 43.5 Å². The lowest BCUT2D eigenvalue weighted by atomic mass is 10.1. The van der Waals surface area contributed by atoms with Crippen LogP contribution in [-0.2, 0) is 18.9 Å². The summed E-state index contributed by atoms with van der Waals surface area (Å²) in [5.41, 5.74) is 0. The Morgan fingerprint density at radius 2 is 1.74 bits per heavy atom. The lowest BCUT2D eigenvalue weighted by Gasteiger charge is -2.17. The SMILES string of the molecule is CCCCCCC(CCOCC1CO1)OCC1CO1. The third kappa shape index (κ3) is 7.88. The van der Waals surface area contributed by atoms with E-state index in [1.165, 1.54) is 25.7 Å². The maximum absolute atomic E-state index is 5.93. The van der Waals surface area contributed by atoms with E-state index in [-0.39, 0.29) is 0 Å². The molecule has 2 heterocycles. The average Bonchev–Trinajstić information content (AvgIpc) is 3.28. The van der Waals surface area contributed by atoms with Crippen LogP contribution < -0.4 is 0 Å². The van der Waals surface area contributed by atoms with Crippen LogP contribution in [0.25, 0.3) is 0 Å².